The largest absolute Gasteiger partial charge is 0.399 e. The molecule has 0 spiro atoms. The second-order valence-electron chi connectivity index (χ2n) is 3.25. The van der Waals surface area contributed by atoms with Gasteiger partial charge in [0, 0.05) is 20.0 Å². The van der Waals surface area contributed by atoms with Gasteiger partial charge in [-0.15, -0.1) is 0 Å². The maximum atomic E-state index is 6.11. The van der Waals surface area contributed by atoms with Gasteiger partial charge in [-0.25, -0.2) is 0 Å². The summed E-state index contributed by atoms with van der Waals surface area (Å²) >= 11 is 11.2. The second kappa shape index (κ2) is 5.13. The number of halogens is 2. The molecule has 16 heavy (non-hydrogen) atoms. The molecule has 0 fully saturated rings. The zero-order chi connectivity index (χ0) is 11.5. The van der Waals surface area contributed by atoms with Crippen LogP contribution in [0.25, 0.3) is 0 Å². The summed E-state index contributed by atoms with van der Waals surface area (Å²) < 4.78 is 1.06. The van der Waals surface area contributed by atoms with E-state index < -0.39 is 0 Å². The van der Waals surface area contributed by atoms with Gasteiger partial charge in [0.05, 0.1) is 5.02 Å². The molecular weight excluding hydrogens is 306 g/mol. The Labute approximate surface area is 112 Å². The van der Waals surface area contributed by atoms with Crippen LogP contribution in [-0.4, -0.2) is 0 Å². The third-order valence-electron chi connectivity index (χ3n) is 1.98. The van der Waals surface area contributed by atoms with Gasteiger partial charge in [0.25, 0.3) is 0 Å². The fraction of sp³-hybridized carbons (Fsp3) is 0. The van der Waals surface area contributed by atoms with Gasteiger partial charge in [-0.2, -0.15) is 0 Å². The van der Waals surface area contributed by atoms with Crippen LogP contribution in [0.15, 0.2) is 56.7 Å². The van der Waals surface area contributed by atoms with Crippen LogP contribution < -0.4 is 5.73 Å². The maximum Gasteiger partial charge on any atom is 0.0565 e. The Kier molecular flexibility index (Phi) is 3.79. The molecule has 0 amide bonds. The molecule has 4 heteroatoms. The first-order chi connectivity index (χ1) is 7.65. The third-order valence-corrected chi connectivity index (χ3v) is 3.96. The highest BCUT2D eigenvalue weighted by molar-refractivity contribution is 9.10. The van der Waals surface area contributed by atoms with Crippen molar-refractivity contribution >= 4 is 45.0 Å². The molecule has 0 radical (unpaired) electrons. The lowest BCUT2D eigenvalue weighted by molar-refractivity contribution is 1.39. The molecule has 0 atom stereocenters. The molecule has 0 saturated heterocycles. The number of hydrogen-bond donors (Lipinski definition) is 1. The second-order valence-corrected chi connectivity index (χ2v) is 5.69. The van der Waals surface area contributed by atoms with Crippen molar-refractivity contribution in [3.05, 3.63) is 52.0 Å². The van der Waals surface area contributed by atoms with Gasteiger partial charge in [-0.05, 0) is 36.4 Å². The minimum absolute atomic E-state index is 0.684. The predicted molar refractivity (Wildman–Crippen MR) is 74.1 cm³/mol. The number of rotatable bonds is 2. The molecule has 0 heterocycles. The van der Waals surface area contributed by atoms with E-state index in [4.69, 9.17) is 17.3 Å². The van der Waals surface area contributed by atoms with Crippen LogP contribution in [0.2, 0.25) is 5.02 Å². The highest BCUT2D eigenvalue weighted by Crippen LogP contribution is 2.35. The quantitative estimate of drug-likeness (QED) is 0.803. The lowest BCUT2D eigenvalue weighted by atomic mass is 10.3. The van der Waals surface area contributed by atoms with E-state index in [9.17, 15) is 0 Å². The third kappa shape index (κ3) is 2.94. The molecule has 2 aromatic carbocycles. The van der Waals surface area contributed by atoms with Gasteiger partial charge in [-0.3, -0.25) is 0 Å². The number of anilines is 1. The molecule has 2 aromatic rings. The molecule has 0 aromatic heterocycles. The molecule has 0 unspecified atom stereocenters. The summed E-state index contributed by atoms with van der Waals surface area (Å²) in [7, 11) is 0. The van der Waals surface area contributed by atoms with E-state index in [-0.39, 0.29) is 0 Å². The van der Waals surface area contributed by atoms with Crippen molar-refractivity contribution < 1.29 is 0 Å². The number of hydrogen-bond acceptors (Lipinski definition) is 2. The molecule has 2 rings (SSSR count). The average Bonchev–Trinajstić information content (AvgIpc) is 2.22. The molecule has 82 valence electrons. The van der Waals surface area contributed by atoms with Gasteiger partial charge in [0.15, 0.2) is 0 Å². The van der Waals surface area contributed by atoms with Gasteiger partial charge in [-0.1, -0.05) is 45.4 Å². The van der Waals surface area contributed by atoms with Crippen LogP contribution in [0.1, 0.15) is 0 Å². The Morgan fingerprint density at radius 2 is 1.94 bits per heavy atom. The van der Waals surface area contributed by atoms with Crippen molar-refractivity contribution in [3.63, 3.8) is 0 Å². The summed E-state index contributed by atoms with van der Waals surface area (Å²) in [5.41, 5.74) is 6.33. The standard InChI is InChI=1S/C12H9BrClNS/c13-8-2-1-3-10(6-8)16-12-5-4-9(15)7-11(12)14/h1-7H,15H2. The number of benzene rings is 2. The lowest BCUT2D eigenvalue weighted by Crippen LogP contribution is -1.84. The summed E-state index contributed by atoms with van der Waals surface area (Å²) in [4.78, 5) is 2.15. The highest BCUT2D eigenvalue weighted by atomic mass is 79.9. The van der Waals surface area contributed by atoms with Crippen molar-refractivity contribution in [2.24, 2.45) is 0 Å². The molecule has 0 aliphatic rings. The topological polar surface area (TPSA) is 26.0 Å². The van der Waals surface area contributed by atoms with E-state index in [0.717, 1.165) is 14.3 Å². The molecule has 2 N–H and O–H groups in total. The van der Waals surface area contributed by atoms with Crippen LogP contribution in [0, 0.1) is 0 Å². The van der Waals surface area contributed by atoms with Gasteiger partial charge < -0.3 is 5.73 Å². The SMILES string of the molecule is Nc1ccc(Sc2cccc(Br)c2)c(Cl)c1. The molecular formula is C12H9BrClNS. The Morgan fingerprint density at radius 3 is 2.62 bits per heavy atom. The zero-order valence-corrected chi connectivity index (χ0v) is 11.4. The summed E-state index contributed by atoms with van der Waals surface area (Å²) in [5.74, 6) is 0. The Morgan fingerprint density at radius 1 is 1.12 bits per heavy atom. The first-order valence-corrected chi connectivity index (χ1v) is 6.62. The maximum absolute atomic E-state index is 6.11. The molecule has 0 bridgehead atoms. The van der Waals surface area contributed by atoms with Crippen molar-refractivity contribution in [2.75, 3.05) is 5.73 Å². The Balaban J connectivity index is 2.27. The van der Waals surface area contributed by atoms with Gasteiger partial charge >= 0.3 is 0 Å². The van der Waals surface area contributed by atoms with Gasteiger partial charge in [0.1, 0.15) is 0 Å². The molecule has 0 aliphatic heterocycles. The van der Waals surface area contributed by atoms with Crippen molar-refractivity contribution in [1.29, 1.82) is 0 Å². The molecule has 0 saturated carbocycles. The van der Waals surface area contributed by atoms with E-state index in [1.165, 1.54) is 0 Å². The number of nitrogen functional groups attached to an aromatic ring is 1. The van der Waals surface area contributed by atoms with E-state index in [1.54, 1.807) is 17.8 Å². The Bertz CT molecular complexity index is 516. The molecule has 1 nitrogen and oxygen atoms in total. The fourth-order valence-corrected chi connectivity index (χ4v) is 2.99. The Hall–Kier alpha value is -0.640. The van der Waals surface area contributed by atoms with Gasteiger partial charge in [0.2, 0.25) is 0 Å². The van der Waals surface area contributed by atoms with Crippen LogP contribution >= 0.6 is 39.3 Å². The normalized spacial score (nSPS) is 10.4. The monoisotopic (exact) mass is 313 g/mol. The first kappa shape index (κ1) is 11.8. The van der Waals surface area contributed by atoms with E-state index >= 15 is 0 Å². The minimum Gasteiger partial charge on any atom is -0.399 e. The van der Waals surface area contributed by atoms with Crippen molar-refractivity contribution in [1.82, 2.24) is 0 Å². The predicted octanol–water partition coefficient (Wildman–Crippen LogP) is 4.84. The summed E-state index contributed by atoms with van der Waals surface area (Å²) in [6.45, 7) is 0. The smallest absolute Gasteiger partial charge is 0.0565 e. The van der Waals surface area contributed by atoms with Crippen LogP contribution in [-0.2, 0) is 0 Å². The highest BCUT2D eigenvalue weighted by Gasteiger charge is 2.03. The van der Waals surface area contributed by atoms with Crippen LogP contribution in [0.4, 0.5) is 5.69 Å². The zero-order valence-electron chi connectivity index (χ0n) is 8.28. The first-order valence-electron chi connectivity index (χ1n) is 4.63. The average molecular weight is 315 g/mol. The van der Waals surface area contributed by atoms with E-state index in [1.807, 2.05) is 30.3 Å². The lowest BCUT2D eigenvalue weighted by Gasteiger charge is -2.05. The van der Waals surface area contributed by atoms with Crippen LogP contribution in [0.3, 0.4) is 0 Å². The van der Waals surface area contributed by atoms with E-state index in [0.29, 0.717) is 10.7 Å². The molecule has 0 aliphatic carbocycles. The summed E-state index contributed by atoms with van der Waals surface area (Å²) in [5, 5.41) is 0.685. The van der Waals surface area contributed by atoms with Crippen molar-refractivity contribution in [2.45, 2.75) is 9.79 Å². The minimum atomic E-state index is 0.684. The van der Waals surface area contributed by atoms with Crippen molar-refractivity contribution in [3.8, 4) is 0 Å². The summed E-state index contributed by atoms with van der Waals surface area (Å²) in [6.07, 6.45) is 0. The van der Waals surface area contributed by atoms with E-state index in [2.05, 4.69) is 22.0 Å². The summed E-state index contributed by atoms with van der Waals surface area (Å²) in [6, 6.07) is 13.6. The van der Waals surface area contributed by atoms with Crippen LogP contribution in [0.5, 0.6) is 0 Å². The number of nitrogens with two attached hydrogens (primary N) is 1. The fourth-order valence-electron chi connectivity index (χ4n) is 1.26.